The third-order valence-electron chi connectivity index (χ3n) is 3.24. The molecule has 1 heterocycles. The predicted molar refractivity (Wildman–Crippen MR) is 74.6 cm³/mol. The van der Waals surface area contributed by atoms with Crippen LogP contribution in [-0.4, -0.2) is 18.3 Å². The van der Waals surface area contributed by atoms with Crippen LogP contribution in [0.5, 0.6) is 0 Å². The average Bonchev–Trinajstić information content (AvgIpc) is 2.32. The molecule has 0 amide bonds. The molecule has 1 aromatic carbocycles. The van der Waals surface area contributed by atoms with E-state index >= 15 is 0 Å². The van der Waals surface area contributed by atoms with Crippen LogP contribution in [0.4, 0.5) is 5.69 Å². The van der Waals surface area contributed by atoms with E-state index in [0.717, 1.165) is 12.3 Å². The van der Waals surface area contributed by atoms with Gasteiger partial charge in [-0.15, -0.1) is 0 Å². The van der Waals surface area contributed by atoms with Crippen molar-refractivity contribution >= 4 is 18.3 Å². The van der Waals surface area contributed by atoms with Crippen molar-refractivity contribution in [2.45, 2.75) is 25.8 Å². The maximum absolute atomic E-state index is 4.19. The minimum atomic E-state index is 0.638. The van der Waals surface area contributed by atoms with Gasteiger partial charge in [-0.05, 0) is 31.4 Å². The van der Waals surface area contributed by atoms with E-state index in [0.29, 0.717) is 6.04 Å². The summed E-state index contributed by atoms with van der Waals surface area (Å²) in [7, 11) is 0. The molecule has 1 aromatic rings. The standard InChI is InChI=1S/C14H19NS/c1-12-8-9-13-6-2-3-7-14(13)15(12)10-4-5-11-16/h2-7,12,16H,8-11H2,1H3. The zero-order valence-corrected chi connectivity index (χ0v) is 10.7. The molecule has 2 rings (SSSR count). The van der Waals surface area contributed by atoms with Crippen LogP contribution in [0.15, 0.2) is 36.4 Å². The summed E-state index contributed by atoms with van der Waals surface area (Å²) < 4.78 is 0. The molecule has 0 bridgehead atoms. The fraction of sp³-hybridized carbons (Fsp3) is 0.429. The van der Waals surface area contributed by atoms with E-state index < -0.39 is 0 Å². The van der Waals surface area contributed by atoms with Crippen LogP contribution in [0.1, 0.15) is 18.9 Å². The molecule has 0 fully saturated rings. The number of benzene rings is 1. The summed E-state index contributed by atoms with van der Waals surface area (Å²) in [5.41, 5.74) is 2.89. The monoisotopic (exact) mass is 233 g/mol. The Morgan fingerprint density at radius 2 is 2.19 bits per heavy atom. The Bertz CT molecular complexity index is 373. The fourth-order valence-electron chi connectivity index (χ4n) is 2.30. The van der Waals surface area contributed by atoms with Crippen LogP contribution in [-0.2, 0) is 6.42 Å². The molecule has 1 unspecified atom stereocenters. The van der Waals surface area contributed by atoms with Crippen LogP contribution in [0.2, 0.25) is 0 Å². The van der Waals surface area contributed by atoms with Crippen molar-refractivity contribution in [3.63, 3.8) is 0 Å². The van der Waals surface area contributed by atoms with Crippen LogP contribution < -0.4 is 4.90 Å². The van der Waals surface area contributed by atoms with Gasteiger partial charge in [0.1, 0.15) is 0 Å². The lowest BCUT2D eigenvalue weighted by Gasteiger charge is -2.36. The van der Waals surface area contributed by atoms with E-state index in [1.165, 1.54) is 24.1 Å². The fourth-order valence-corrected chi connectivity index (χ4v) is 2.45. The lowest BCUT2D eigenvalue weighted by molar-refractivity contribution is 0.582. The molecule has 0 aromatic heterocycles. The first-order valence-corrected chi connectivity index (χ1v) is 6.56. The molecule has 1 aliphatic rings. The van der Waals surface area contributed by atoms with Gasteiger partial charge < -0.3 is 4.90 Å². The van der Waals surface area contributed by atoms with E-state index in [9.17, 15) is 0 Å². The maximum Gasteiger partial charge on any atom is 0.0403 e. The molecule has 0 saturated carbocycles. The molecular weight excluding hydrogens is 214 g/mol. The van der Waals surface area contributed by atoms with Crippen molar-refractivity contribution in [1.82, 2.24) is 0 Å². The summed E-state index contributed by atoms with van der Waals surface area (Å²) in [5.74, 6) is 0.823. The van der Waals surface area contributed by atoms with Gasteiger partial charge in [-0.1, -0.05) is 30.4 Å². The zero-order valence-electron chi connectivity index (χ0n) is 9.76. The molecule has 1 aliphatic heterocycles. The van der Waals surface area contributed by atoms with Crippen molar-refractivity contribution < 1.29 is 0 Å². The molecule has 0 radical (unpaired) electrons. The number of rotatable bonds is 3. The van der Waals surface area contributed by atoms with Gasteiger partial charge in [0, 0.05) is 24.0 Å². The van der Waals surface area contributed by atoms with Gasteiger partial charge in [0.05, 0.1) is 0 Å². The third-order valence-corrected chi connectivity index (χ3v) is 3.45. The Labute approximate surface area is 104 Å². The normalized spacial score (nSPS) is 20.1. The van der Waals surface area contributed by atoms with E-state index in [1.54, 1.807) is 0 Å². The summed E-state index contributed by atoms with van der Waals surface area (Å²) in [6, 6.07) is 9.39. The van der Waals surface area contributed by atoms with Gasteiger partial charge >= 0.3 is 0 Å². The number of anilines is 1. The lowest BCUT2D eigenvalue weighted by atomic mass is 9.97. The first kappa shape index (κ1) is 11.6. The maximum atomic E-state index is 4.19. The van der Waals surface area contributed by atoms with Gasteiger partial charge in [-0.3, -0.25) is 0 Å². The third kappa shape index (κ3) is 2.43. The summed E-state index contributed by atoms with van der Waals surface area (Å²) in [6.45, 7) is 3.31. The van der Waals surface area contributed by atoms with E-state index in [1.807, 2.05) is 0 Å². The summed E-state index contributed by atoms with van der Waals surface area (Å²) in [4.78, 5) is 2.48. The Morgan fingerprint density at radius 1 is 1.38 bits per heavy atom. The van der Waals surface area contributed by atoms with Crippen LogP contribution >= 0.6 is 12.6 Å². The number of thiol groups is 1. The summed E-state index contributed by atoms with van der Waals surface area (Å²) in [6.07, 6.45) is 6.80. The molecule has 16 heavy (non-hydrogen) atoms. The molecule has 0 spiro atoms. The largest absolute Gasteiger partial charge is 0.365 e. The Balaban J connectivity index is 2.19. The summed E-state index contributed by atoms with van der Waals surface area (Å²) >= 11 is 4.19. The highest BCUT2D eigenvalue weighted by molar-refractivity contribution is 7.80. The first-order valence-electron chi connectivity index (χ1n) is 5.93. The van der Waals surface area contributed by atoms with Gasteiger partial charge in [-0.25, -0.2) is 0 Å². The number of nitrogens with zero attached hydrogens (tertiary/aromatic N) is 1. The number of fused-ring (bicyclic) bond motifs is 1. The Kier molecular flexibility index (Phi) is 3.94. The molecular formula is C14H19NS. The average molecular weight is 233 g/mol. The van der Waals surface area contributed by atoms with Crippen LogP contribution in [0.3, 0.4) is 0 Å². The zero-order chi connectivity index (χ0) is 11.4. The smallest absolute Gasteiger partial charge is 0.0403 e. The summed E-state index contributed by atoms with van der Waals surface area (Å²) in [5, 5.41) is 0. The quantitative estimate of drug-likeness (QED) is 0.619. The molecule has 1 atom stereocenters. The van der Waals surface area contributed by atoms with Crippen LogP contribution in [0, 0.1) is 0 Å². The lowest BCUT2D eigenvalue weighted by Crippen LogP contribution is -2.37. The second-order valence-electron chi connectivity index (χ2n) is 4.32. The Hall–Kier alpha value is -0.890. The van der Waals surface area contributed by atoms with Gasteiger partial charge in [0.25, 0.3) is 0 Å². The minimum absolute atomic E-state index is 0.638. The molecule has 2 heteroatoms. The molecule has 0 saturated heterocycles. The minimum Gasteiger partial charge on any atom is -0.365 e. The van der Waals surface area contributed by atoms with Gasteiger partial charge in [0.2, 0.25) is 0 Å². The molecule has 86 valence electrons. The van der Waals surface area contributed by atoms with Gasteiger partial charge in [0.15, 0.2) is 0 Å². The topological polar surface area (TPSA) is 3.24 Å². The van der Waals surface area contributed by atoms with Crippen molar-refractivity contribution in [3.05, 3.63) is 42.0 Å². The SMILES string of the molecule is CC1CCc2ccccc2N1CC=CCS. The molecule has 0 aliphatic carbocycles. The number of hydrogen-bond acceptors (Lipinski definition) is 2. The van der Waals surface area contributed by atoms with Crippen molar-refractivity contribution in [3.8, 4) is 0 Å². The van der Waals surface area contributed by atoms with Gasteiger partial charge in [-0.2, -0.15) is 12.6 Å². The molecule has 1 nitrogen and oxygen atoms in total. The van der Waals surface area contributed by atoms with Crippen molar-refractivity contribution in [1.29, 1.82) is 0 Å². The highest BCUT2D eigenvalue weighted by atomic mass is 32.1. The van der Waals surface area contributed by atoms with Crippen molar-refractivity contribution in [2.75, 3.05) is 17.2 Å². The predicted octanol–water partition coefficient (Wildman–Crippen LogP) is 3.31. The second kappa shape index (κ2) is 5.44. The first-order chi connectivity index (χ1) is 7.83. The number of aryl methyl sites for hydroxylation is 1. The van der Waals surface area contributed by atoms with E-state index in [4.69, 9.17) is 0 Å². The number of hydrogen-bond donors (Lipinski definition) is 1. The van der Waals surface area contributed by atoms with Crippen molar-refractivity contribution in [2.24, 2.45) is 0 Å². The Morgan fingerprint density at radius 3 is 3.00 bits per heavy atom. The highest BCUT2D eigenvalue weighted by Crippen LogP contribution is 2.29. The second-order valence-corrected chi connectivity index (χ2v) is 4.69. The molecule has 0 N–H and O–H groups in total. The van der Waals surface area contributed by atoms with E-state index in [-0.39, 0.29) is 0 Å². The highest BCUT2D eigenvalue weighted by Gasteiger charge is 2.21. The van der Waals surface area contributed by atoms with E-state index in [2.05, 4.69) is 60.9 Å². The number of para-hydroxylation sites is 1. The van der Waals surface area contributed by atoms with Crippen LogP contribution in [0.25, 0.3) is 0 Å².